The molecule has 0 saturated heterocycles. The third-order valence-electron chi connectivity index (χ3n) is 5.72. The molecule has 0 bridgehead atoms. The van der Waals surface area contributed by atoms with Crippen LogP contribution in [0.15, 0.2) is 58.5 Å². The van der Waals surface area contributed by atoms with Gasteiger partial charge in [0.2, 0.25) is 11.8 Å². The van der Waals surface area contributed by atoms with Gasteiger partial charge in [-0.2, -0.15) is 4.98 Å². The van der Waals surface area contributed by atoms with Crippen molar-refractivity contribution in [2.75, 3.05) is 26.5 Å². The second-order valence-corrected chi connectivity index (χ2v) is 8.56. The van der Waals surface area contributed by atoms with Gasteiger partial charge in [0, 0.05) is 6.54 Å². The highest BCUT2D eigenvalue weighted by Gasteiger charge is 2.29. The number of methoxy groups -OCH3 is 2. The van der Waals surface area contributed by atoms with Gasteiger partial charge in [0.25, 0.3) is 5.56 Å². The number of carbonyl (C=O) groups excluding carboxylic acids is 1. The Morgan fingerprint density at radius 2 is 1.85 bits per heavy atom. The minimum Gasteiger partial charge on any atom is -0.493 e. The fourth-order valence-corrected chi connectivity index (χ4v) is 4.96. The Morgan fingerprint density at radius 1 is 1.15 bits per heavy atom. The third kappa shape index (κ3) is 4.54. The summed E-state index contributed by atoms with van der Waals surface area (Å²) in [6.07, 6.45) is 0.704. The van der Waals surface area contributed by atoms with E-state index in [0.717, 1.165) is 29.0 Å². The van der Waals surface area contributed by atoms with Crippen LogP contribution in [-0.4, -0.2) is 52.0 Å². The van der Waals surface area contributed by atoms with Gasteiger partial charge in [-0.15, -0.1) is 0 Å². The van der Waals surface area contributed by atoms with E-state index in [9.17, 15) is 14.7 Å². The van der Waals surface area contributed by atoms with E-state index in [-0.39, 0.29) is 28.7 Å². The highest BCUT2D eigenvalue weighted by Crippen LogP contribution is 2.38. The molecule has 1 N–H and O–H groups in total. The zero-order chi connectivity index (χ0) is 23.5. The van der Waals surface area contributed by atoms with Crippen molar-refractivity contribution in [2.45, 2.75) is 24.5 Å². The predicted molar refractivity (Wildman–Crippen MR) is 126 cm³/mol. The lowest BCUT2D eigenvalue weighted by Gasteiger charge is -2.35. The van der Waals surface area contributed by atoms with Crippen LogP contribution in [0.2, 0.25) is 0 Å². The summed E-state index contributed by atoms with van der Waals surface area (Å²) in [7, 11) is 3.19. The normalized spacial score (nSPS) is 15.1. The first-order chi connectivity index (χ1) is 15.9. The molecule has 4 rings (SSSR count). The number of nitrogens with zero attached hydrogens (tertiary/aromatic N) is 3. The van der Waals surface area contributed by atoms with Crippen molar-refractivity contribution in [3.05, 3.63) is 70.0 Å². The van der Waals surface area contributed by atoms with Crippen LogP contribution in [0, 0.1) is 0 Å². The van der Waals surface area contributed by atoms with Crippen LogP contribution in [0.4, 0.5) is 0 Å². The average Bonchev–Trinajstić information content (AvgIpc) is 2.82. The van der Waals surface area contributed by atoms with Crippen LogP contribution >= 0.6 is 11.8 Å². The molecular formula is C24H25N3O5S. The Labute approximate surface area is 195 Å². The molecule has 1 amide bonds. The van der Waals surface area contributed by atoms with Crippen LogP contribution in [0.3, 0.4) is 0 Å². The van der Waals surface area contributed by atoms with E-state index < -0.39 is 5.56 Å². The number of ether oxygens (including phenoxy) is 2. The maximum Gasteiger partial charge on any atom is 0.262 e. The van der Waals surface area contributed by atoms with Crippen molar-refractivity contribution >= 4 is 17.7 Å². The van der Waals surface area contributed by atoms with Gasteiger partial charge >= 0.3 is 0 Å². The van der Waals surface area contributed by atoms with E-state index in [4.69, 9.17) is 9.47 Å². The molecule has 1 aliphatic heterocycles. The van der Waals surface area contributed by atoms with Gasteiger partial charge in [-0.25, -0.2) is 0 Å². The molecule has 0 spiro atoms. The van der Waals surface area contributed by atoms with E-state index in [1.165, 1.54) is 4.57 Å². The number of benzene rings is 2. The molecule has 1 aromatic heterocycles. The van der Waals surface area contributed by atoms with E-state index in [2.05, 4.69) is 4.98 Å². The largest absolute Gasteiger partial charge is 0.493 e. The molecule has 9 heteroatoms. The lowest BCUT2D eigenvalue weighted by Crippen LogP contribution is -2.40. The van der Waals surface area contributed by atoms with Gasteiger partial charge in [-0.1, -0.05) is 30.0 Å². The first kappa shape index (κ1) is 22.7. The summed E-state index contributed by atoms with van der Waals surface area (Å²) >= 11 is 1.12. The van der Waals surface area contributed by atoms with Crippen molar-refractivity contribution in [1.82, 2.24) is 14.5 Å². The number of aromatic hydroxyl groups is 1. The van der Waals surface area contributed by atoms with Crippen molar-refractivity contribution in [3.8, 4) is 23.1 Å². The highest BCUT2D eigenvalue weighted by atomic mass is 32.2. The zero-order valence-corrected chi connectivity index (χ0v) is 19.5. The molecule has 3 aromatic rings. The third-order valence-corrected chi connectivity index (χ3v) is 6.64. The maximum absolute atomic E-state index is 13.2. The second kappa shape index (κ2) is 9.58. The van der Waals surface area contributed by atoms with Gasteiger partial charge in [0.15, 0.2) is 16.7 Å². The lowest BCUT2D eigenvalue weighted by atomic mass is 9.93. The Morgan fingerprint density at radius 3 is 2.55 bits per heavy atom. The van der Waals surface area contributed by atoms with Gasteiger partial charge in [0.1, 0.15) is 0 Å². The molecule has 0 saturated carbocycles. The number of hydrogen-bond acceptors (Lipinski definition) is 7. The summed E-state index contributed by atoms with van der Waals surface area (Å²) in [6, 6.07) is 13.8. The fraction of sp³-hybridized carbons (Fsp3) is 0.292. The molecule has 2 aromatic carbocycles. The number of para-hydroxylation sites is 1. The molecular weight excluding hydrogens is 442 g/mol. The molecule has 1 aliphatic rings. The average molecular weight is 468 g/mol. The van der Waals surface area contributed by atoms with Crippen LogP contribution in [0.5, 0.6) is 17.4 Å². The first-order valence-electron chi connectivity index (χ1n) is 10.5. The van der Waals surface area contributed by atoms with Gasteiger partial charge in [-0.3, -0.25) is 14.2 Å². The molecule has 2 heterocycles. The van der Waals surface area contributed by atoms with Crippen molar-refractivity contribution in [2.24, 2.45) is 0 Å². The minimum atomic E-state index is -0.412. The SMILES string of the molecule is COc1cc2c(cc1OC)C(C)N(C(=O)CSc1nc(O)cc(=O)n1-c1ccccc1)CC2. The number of fused-ring (bicyclic) bond motifs is 1. The summed E-state index contributed by atoms with van der Waals surface area (Å²) < 4.78 is 12.2. The molecule has 172 valence electrons. The topological polar surface area (TPSA) is 93.9 Å². The van der Waals surface area contributed by atoms with Crippen molar-refractivity contribution in [1.29, 1.82) is 0 Å². The number of rotatable bonds is 6. The molecule has 0 aliphatic carbocycles. The summed E-state index contributed by atoms with van der Waals surface area (Å²) in [5, 5.41) is 10.1. The number of hydrogen-bond donors (Lipinski definition) is 1. The molecule has 1 unspecified atom stereocenters. The van der Waals surface area contributed by atoms with E-state index in [1.54, 1.807) is 26.4 Å². The van der Waals surface area contributed by atoms with Gasteiger partial charge in [0.05, 0.1) is 37.8 Å². The van der Waals surface area contributed by atoms with Crippen LogP contribution in [0.1, 0.15) is 24.1 Å². The smallest absolute Gasteiger partial charge is 0.262 e. The molecule has 1 atom stereocenters. The number of aromatic nitrogens is 2. The highest BCUT2D eigenvalue weighted by molar-refractivity contribution is 7.99. The number of carbonyl (C=O) groups is 1. The summed E-state index contributed by atoms with van der Waals surface area (Å²) in [6.45, 7) is 2.56. The predicted octanol–water partition coefficient (Wildman–Crippen LogP) is 3.19. The lowest BCUT2D eigenvalue weighted by molar-refractivity contribution is -0.130. The number of thioether (sulfide) groups is 1. The fourth-order valence-electron chi connectivity index (χ4n) is 4.06. The van der Waals surface area contributed by atoms with E-state index in [1.807, 2.05) is 42.2 Å². The van der Waals surface area contributed by atoms with Crippen LogP contribution in [0.25, 0.3) is 5.69 Å². The van der Waals surface area contributed by atoms with Crippen molar-refractivity contribution in [3.63, 3.8) is 0 Å². The second-order valence-electron chi connectivity index (χ2n) is 7.61. The maximum atomic E-state index is 13.2. The summed E-state index contributed by atoms with van der Waals surface area (Å²) in [5.41, 5.74) is 2.36. The molecule has 8 nitrogen and oxygen atoms in total. The Hall–Kier alpha value is -3.46. The summed E-state index contributed by atoms with van der Waals surface area (Å²) in [4.78, 5) is 31.6. The first-order valence-corrected chi connectivity index (χ1v) is 11.5. The van der Waals surface area contributed by atoms with Crippen LogP contribution in [-0.2, 0) is 11.2 Å². The Balaban J connectivity index is 1.56. The standard InChI is InChI=1S/C24H25N3O5S/c1-15-18-12-20(32-3)19(31-2)11-16(18)9-10-26(15)23(30)14-33-24-25-21(28)13-22(29)27(24)17-7-5-4-6-8-17/h4-8,11-13,15,28H,9-10,14H2,1-3H3. The quantitative estimate of drug-likeness (QED) is 0.440. The van der Waals surface area contributed by atoms with Crippen molar-refractivity contribution < 1.29 is 19.4 Å². The monoisotopic (exact) mass is 467 g/mol. The van der Waals surface area contributed by atoms with Crippen LogP contribution < -0.4 is 15.0 Å². The summed E-state index contributed by atoms with van der Waals surface area (Å²) in [5.74, 6) is 0.930. The number of amides is 1. The Kier molecular flexibility index (Phi) is 6.60. The van der Waals surface area contributed by atoms with E-state index in [0.29, 0.717) is 30.2 Å². The molecule has 0 fully saturated rings. The molecule has 33 heavy (non-hydrogen) atoms. The zero-order valence-electron chi connectivity index (χ0n) is 18.6. The Bertz CT molecular complexity index is 1230. The minimum absolute atomic E-state index is 0.0786. The van der Waals surface area contributed by atoms with Gasteiger partial charge < -0.3 is 19.5 Å². The van der Waals surface area contributed by atoms with E-state index >= 15 is 0 Å². The van der Waals surface area contributed by atoms with Gasteiger partial charge in [-0.05, 0) is 48.7 Å². The molecule has 0 radical (unpaired) electrons.